The molecule has 0 N–H and O–H groups in total. The van der Waals surface area contributed by atoms with Crippen molar-refractivity contribution in [3.05, 3.63) is 83.4 Å². The second-order valence-electron chi connectivity index (χ2n) is 6.98. The highest BCUT2D eigenvalue weighted by Crippen LogP contribution is 2.35. The molecule has 3 aromatic rings. The highest BCUT2D eigenvalue weighted by molar-refractivity contribution is 5.91. The van der Waals surface area contributed by atoms with Crippen molar-refractivity contribution in [2.24, 2.45) is 4.99 Å². The Labute approximate surface area is 162 Å². The number of hydrogen-bond acceptors (Lipinski definition) is 2. The first-order valence-corrected chi connectivity index (χ1v) is 9.55. The van der Waals surface area contributed by atoms with Crippen LogP contribution in [0.4, 0.5) is 5.69 Å². The molecule has 0 bridgehead atoms. The third kappa shape index (κ3) is 4.65. The number of para-hydroxylation sites is 1. The maximum atomic E-state index is 6.36. The molecule has 1 atom stereocenters. The highest BCUT2D eigenvalue weighted by atomic mass is 16.5. The Morgan fingerprint density at radius 2 is 1.67 bits per heavy atom. The number of aryl methyl sites for hydroxylation is 2. The van der Waals surface area contributed by atoms with Gasteiger partial charge in [-0.3, -0.25) is 4.99 Å². The molecule has 3 aromatic carbocycles. The van der Waals surface area contributed by atoms with Gasteiger partial charge in [0.1, 0.15) is 5.75 Å². The zero-order valence-electron chi connectivity index (χ0n) is 16.6. The molecule has 0 fully saturated rings. The van der Waals surface area contributed by atoms with Gasteiger partial charge in [0, 0.05) is 17.3 Å². The van der Waals surface area contributed by atoms with Crippen molar-refractivity contribution in [3.8, 4) is 16.9 Å². The summed E-state index contributed by atoms with van der Waals surface area (Å²) in [6.45, 7) is 8.44. The van der Waals surface area contributed by atoms with Crippen molar-refractivity contribution in [2.75, 3.05) is 0 Å². The second kappa shape index (κ2) is 8.68. The molecule has 138 valence electrons. The lowest BCUT2D eigenvalue weighted by Crippen LogP contribution is -2.12. The Hall–Kier alpha value is -2.87. The summed E-state index contributed by atoms with van der Waals surface area (Å²) < 4.78 is 6.36. The summed E-state index contributed by atoms with van der Waals surface area (Å²) in [7, 11) is 0. The molecule has 0 aromatic heterocycles. The quantitative estimate of drug-likeness (QED) is 0.440. The first kappa shape index (κ1) is 18.9. The van der Waals surface area contributed by atoms with Crippen LogP contribution < -0.4 is 4.74 Å². The minimum atomic E-state index is 0.140. The Bertz CT molecular complexity index is 928. The zero-order valence-corrected chi connectivity index (χ0v) is 16.6. The van der Waals surface area contributed by atoms with Crippen LogP contribution in [-0.4, -0.2) is 12.3 Å². The summed E-state index contributed by atoms with van der Waals surface area (Å²) in [6.07, 6.45) is 3.02. The van der Waals surface area contributed by atoms with Gasteiger partial charge in [-0.1, -0.05) is 55.5 Å². The number of nitrogens with zero attached hydrogens (tertiary/aromatic N) is 1. The first-order chi connectivity index (χ1) is 13.1. The standard InChI is InChI=1S/C25H27NO/c1-5-20(4)27-25-22(17-26-24-14-10-9-11-19(24)3)15-18(2)16-23(25)21-12-7-6-8-13-21/h6-17,20H,5H2,1-4H3/b26-17+. The first-order valence-electron chi connectivity index (χ1n) is 9.55. The largest absolute Gasteiger partial charge is 0.489 e. The van der Waals surface area contributed by atoms with Crippen molar-refractivity contribution in [1.29, 1.82) is 0 Å². The molecule has 2 nitrogen and oxygen atoms in total. The van der Waals surface area contributed by atoms with Gasteiger partial charge in [0.2, 0.25) is 0 Å². The lowest BCUT2D eigenvalue weighted by atomic mass is 9.98. The normalized spacial score (nSPS) is 12.3. The van der Waals surface area contributed by atoms with Gasteiger partial charge < -0.3 is 4.74 Å². The molecule has 1 unspecified atom stereocenters. The monoisotopic (exact) mass is 357 g/mol. The summed E-state index contributed by atoms with van der Waals surface area (Å²) >= 11 is 0. The van der Waals surface area contributed by atoms with Gasteiger partial charge in [0.05, 0.1) is 11.8 Å². The predicted molar refractivity (Wildman–Crippen MR) is 115 cm³/mol. The van der Waals surface area contributed by atoms with Crippen molar-refractivity contribution < 1.29 is 4.74 Å². The molecule has 0 aliphatic rings. The van der Waals surface area contributed by atoms with Crippen LogP contribution in [0, 0.1) is 13.8 Å². The third-order valence-corrected chi connectivity index (χ3v) is 4.70. The van der Waals surface area contributed by atoms with Crippen LogP contribution in [0.5, 0.6) is 5.75 Å². The van der Waals surface area contributed by atoms with Crippen LogP contribution in [0.25, 0.3) is 11.1 Å². The van der Waals surface area contributed by atoms with Crippen molar-refractivity contribution in [1.82, 2.24) is 0 Å². The van der Waals surface area contributed by atoms with Gasteiger partial charge in [-0.25, -0.2) is 0 Å². The van der Waals surface area contributed by atoms with E-state index in [4.69, 9.17) is 9.73 Å². The lowest BCUT2D eigenvalue weighted by molar-refractivity contribution is 0.218. The summed E-state index contributed by atoms with van der Waals surface area (Å²) in [4.78, 5) is 4.74. The average Bonchev–Trinajstić information content (AvgIpc) is 2.69. The lowest BCUT2D eigenvalue weighted by Gasteiger charge is -2.19. The summed E-state index contributed by atoms with van der Waals surface area (Å²) in [5.74, 6) is 0.901. The predicted octanol–water partition coefficient (Wildman–Crippen LogP) is 6.90. The van der Waals surface area contributed by atoms with E-state index in [1.807, 2.05) is 30.5 Å². The minimum Gasteiger partial charge on any atom is -0.489 e. The van der Waals surface area contributed by atoms with E-state index in [2.05, 4.69) is 70.2 Å². The molecule has 0 saturated heterocycles. The molecule has 0 radical (unpaired) electrons. The van der Waals surface area contributed by atoms with E-state index in [0.29, 0.717) is 0 Å². The second-order valence-corrected chi connectivity index (χ2v) is 6.98. The fraction of sp³-hybridized carbons (Fsp3) is 0.240. The van der Waals surface area contributed by atoms with E-state index < -0.39 is 0 Å². The van der Waals surface area contributed by atoms with E-state index in [-0.39, 0.29) is 6.10 Å². The Balaban J connectivity index is 2.11. The zero-order chi connectivity index (χ0) is 19.2. The van der Waals surface area contributed by atoms with Crippen LogP contribution >= 0.6 is 0 Å². The average molecular weight is 357 g/mol. The fourth-order valence-electron chi connectivity index (χ4n) is 2.99. The Morgan fingerprint density at radius 3 is 2.37 bits per heavy atom. The summed E-state index contributed by atoms with van der Waals surface area (Å²) in [6, 6.07) is 22.9. The third-order valence-electron chi connectivity index (χ3n) is 4.70. The van der Waals surface area contributed by atoms with E-state index in [1.54, 1.807) is 0 Å². The van der Waals surface area contributed by atoms with Gasteiger partial charge in [-0.15, -0.1) is 0 Å². The number of aliphatic imine (C=N–C) groups is 1. The van der Waals surface area contributed by atoms with Gasteiger partial charge in [0.15, 0.2) is 0 Å². The number of hydrogen-bond donors (Lipinski definition) is 0. The Morgan fingerprint density at radius 1 is 0.963 bits per heavy atom. The number of rotatable bonds is 6. The fourth-order valence-corrected chi connectivity index (χ4v) is 2.99. The molecule has 0 aliphatic heterocycles. The van der Waals surface area contributed by atoms with Gasteiger partial charge in [-0.2, -0.15) is 0 Å². The van der Waals surface area contributed by atoms with Crippen LogP contribution in [0.3, 0.4) is 0 Å². The van der Waals surface area contributed by atoms with E-state index >= 15 is 0 Å². The van der Waals surface area contributed by atoms with Crippen molar-refractivity contribution >= 4 is 11.9 Å². The van der Waals surface area contributed by atoms with E-state index in [9.17, 15) is 0 Å². The van der Waals surface area contributed by atoms with Crippen LogP contribution in [0.2, 0.25) is 0 Å². The van der Waals surface area contributed by atoms with Crippen LogP contribution in [-0.2, 0) is 0 Å². The molecule has 27 heavy (non-hydrogen) atoms. The molecule has 0 heterocycles. The number of ether oxygens (including phenoxy) is 1. The maximum absolute atomic E-state index is 6.36. The molecule has 0 aliphatic carbocycles. The molecule has 0 spiro atoms. The minimum absolute atomic E-state index is 0.140. The van der Waals surface area contributed by atoms with Crippen LogP contribution in [0.15, 0.2) is 71.7 Å². The Kier molecular flexibility index (Phi) is 6.08. The molecule has 0 saturated carbocycles. The van der Waals surface area contributed by atoms with E-state index in [0.717, 1.165) is 40.1 Å². The van der Waals surface area contributed by atoms with Crippen molar-refractivity contribution in [3.63, 3.8) is 0 Å². The van der Waals surface area contributed by atoms with Crippen LogP contribution in [0.1, 0.15) is 37.0 Å². The summed E-state index contributed by atoms with van der Waals surface area (Å²) in [5.41, 5.74) is 6.62. The molecule has 2 heteroatoms. The van der Waals surface area contributed by atoms with E-state index in [1.165, 1.54) is 5.56 Å². The summed E-state index contributed by atoms with van der Waals surface area (Å²) in [5, 5.41) is 0. The van der Waals surface area contributed by atoms with Gasteiger partial charge in [0.25, 0.3) is 0 Å². The molecular weight excluding hydrogens is 330 g/mol. The number of benzene rings is 3. The smallest absolute Gasteiger partial charge is 0.136 e. The maximum Gasteiger partial charge on any atom is 0.136 e. The highest BCUT2D eigenvalue weighted by Gasteiger charge is 2.14. The van der Waals surface area contributed by atoms with Gasteiger partial charge in [-0.05, 0) is 62.1 Å². The van der Waals surface area contributed by atoms with Crippen molar-refractivity contribution in [2.45, 2.75) is 40.2 Å². The topological polar surface area (TPSA) is 21.6 Å². The molecular formula is C25H27NO. The SMILES string of the molecule is CCC(C)Oc1c(/C=N/c2ccccc2C)cc(C)cc1-c1ccccc1. The molecule has 0 amide bonds. The molecule has 3 rings (SSSR count). The van der Waals surface area contributed by atoms with Gasteiger partial charge >= 0.3 is 0 Å².